The summed E-state index contributed by atoms with van der Waals surface area (Å²) in [6.07, 6.45) is -2.46. The Kier molecular flexibility index (Phi) is 11.0. The standard InChI is InChI=1S/C33H41F4N5O3.ClH/c34-26-17-24(18-27(20-26)40-11-9-38-10-12-40)32(44)42-15-13-41(14-16-42)31(43)23-3-6-30(45-28-7-8-39-21-28)29(19-23)22-1-4-25(5-2-22)33(35,36)37;/h3,6,17-20,22,25,28,38-39H,1-2,4-5,7-16,21H2;1H. The molecule has 4 aliphatic rings. The molecule has 2 aromatic rings. The van der Waals surface area contributed by atoms with E-state index < -0.39 is 17.9 Å². The summed E-state index contributed by atoms with van der Waals surface area (Å²) in [6.45, 7) is 5.88. The number of hydrogen-bond acceptors (Lipinski definition) is 6. The Labute approximate surface area is 273 Å². The van der Waals surface area contributed by atoms with Crippen LogP contribution in [0.25, 0.3) is 0 Å². The number of anilines is 1. The van der Waals surface area contributed by atoms with Gasteiger partial charge in [0.25, 0.3) is 11.8 Å². The van der Waals surface area contributed by atoms with Crippen molar-refractivity contribution in [1.29, 1.82) is 0 Å². The second kappa shape index (κ2) is 14.8. The van der Waals surface area contributed by atoms with Crippen LogP contribution in [0, 0.1) is 11.7 Å². The highest BCUT2D eigenvalue weighted by Crippen LogP contribution is 2.45. The van der Waals surface area contributed by atoms with Gasteiger partial charge in [0.2, 0.25) is 0 Å². The minimum atomic E-state index is -4.19. The number of rotatable bonds is 6. The molecular formula is C33H42ClF4N5O3. The fraction of sp³-hybridized carbons (Fsp3) is 0.576. The number of piperazine rings is 2. The molecule has 0 radical (unpaired) electrons. The summed E-state index contributed by atoms with van der Waals surface area (Å²) in [7, 11) is 0. The van der Waals surface area contributed by atoms with Crippen molar-refractivity contribution in [3.63, 3.8) is 0 Å². The number of hydrogen-bond donors (Lipinski definition) is 2. The Morgan fingerprint density at radius 3 is 2.02 bits per heavy atom. The van der Waals surface area contributed by atoms with Crippen molar-refractivity contribution in [2.75, 3.05) is 70.3 Å². The van der Waals surface area contributed by atoms with E-state index in [0.29, 0.717) is 68.1 Å². The molecule has 3 heterocycles. The number of ether oxygens (including phenoxy) is 1. The van der Waals surface area contributed by atoms with E-state index in [0.717, 1.165) is 44.7 Å². The van der Waals surface area contributed by atoms with E-state index in [2.05, 4.69) is 15.5 Å². The molecule has 46 heavy (non-hydrogen) atoms. The van der Waals surface area contributed by atoms with E-state index in [9.17, 15) is 27.2 Å². The van der Waals surface area contributed by atoms with E-state index in [1.807, 2.05) is 0 Å². The fourth-order valence-electron chi connectivity index (χ4n) is 7.03. The number of nitrogens with zero attached hydrogens (tertiary/aromatic N) is 3. The van der Waals surface area contributed by atoms with Crippen LogP contribution in [0.4, 0.5) is 23.2 Å². The van der Waals surface area contributed by atoms with Gasteiger partial charge in [-0.15, -0.1) is 12.4 Å². The SMILES string of the molecule is Cl.O=C(c1cc(F)cc(N2CCNCC2)c1)N1CCN(C(=O)c2ccc(OC3CCNC3)c(C3CCC(C(F)(F)F)CC3)c2)CC1. The number of alkyl halides is 3. The quantitative estimate of drug-likeness (QED) is 0.430. The molecule has 252 valence electrons. The third-order valence-corrected chi connectivity index (χ3v) is 9.66. The Hall–Kier alpha value is -3.09. The molecule has 13 heteroatoms. The van der Waals surface area contributed by atoms with E-state index in [4.69, 9.17) is 4.74 Å². The minimum Gasteiger partial charge on any atom is -0.489 e. The maximum absolute atomic E-state index is 14.5. The molecule has 3 aliphatic heterocycles. The molecule has 6 rings (SSSR count). The highest BCUT2D eigenvalue weighted by atomic mass is 35.5. The van der Waals surface area contributed by atoms with Gasteiger partial charge in [0.05, 0.1) is 5.92 Å². The molecular weight excluding hydrogens is 626 g/mol. The van der Waals surface area contributed by atoms with Crippen LogP contribution in [0.2, 0.25) is 0 Å². The summed E-state index contributed by atoms with van der Waals surface area (Å²) in [5.41, 5.74) is 2.24. The van der Waals surface area contributed by atoms with Crippen LogP contribution < -0.4 is 20.3 Å². The van der Waals surface area contributed by atoms with Gasteiger partial charge in [0, 0.05) is 75.7 Å². The number of amides is 2. The molecule has 1 atom stereocenters. The van der Waals surface area contributed by atoms with Crippen LogP contribution in [-0.2, 0) is 0 Å². The Morgan fingerprint density at radius 1 is 0.761 bits per heavy atom. The topological polar surface area (TPSA) is 77.2 Å². The first kappa shape index (κ1) is 34.3. The maximum atomic E-state index is 14.5. The van der Waals surface area contributed by atoms with E-state index in [-0.39, 0.29) is 49.1 Å². The first-order valence-electron chi connectivity index (χ1n) is 16.1. The first-order valence-corrected chi connectivity index (χ1v) is 16.1. The van der Waals surface area contributed by atoms with Gasteiger partial charge < -0.3 is 30.1 Å². The summed E-state index contributed by atoms with van der Waals surface area (Å²) in [4.78, 5) is 32.4. The van der Waals surface area contributed by atoms with Gasteiger partial charge in [-0.3, -0.25) is 9.59 Å². The van der Waals surface area contributed by atoms with Crippen LogP contribution >= 0.6 is 12.4 Å². The van der Waals surface area contributed by atoms with Crippen LogP contribution in [0.1, 0.15) is 64.3 Å². The van der Waals surface area contributed by atoms with E-state index >= 15 is 0 Å². The fourth-order valence-corrected chi connectivity index (χ4v) is 7.03. The summed E-state index contributed by atoms with van der Waals surface area (Å²) < 4.78 is 60.9. The summed E-state index contributed by atoms with van der Waals surface area (Å²) in [5.74, 6) is -1.68. The van der Waals surface area contributed by atoms with Gasteiger partial charge in [-0.2, -0.15) is 13.2 Å². The van der Waals surface area contributed by atoms with Gasteiger partial charge >= 0.3 is 6.18 Å². The van der Waals surface area contributed by atoms with Crippen LogP contribution in [-0.4, -0.2) is 99.3 Å². The van der Waals surface area contributed by atoms with Gasteiger partial charge in [0.15, 0.2) is 0 Å². The predicted molar refractivity (Wildman–Crippen MR) is 170 cm³/mol. The lowest BCUT2D eigenvalue weighted by Crippen LogP contribution is -2.50. The van der Waals surface area contributed by atoms with Gasteiger partial charge in [0.1, 0.15) is 17.7 Å². The second-order valence-corrected chi connectivity index (χ2v) is 12.6. The molecule has 3 saturated heterocycles. The number of benzene rings is 2. The van der Waals surface area contributed by atoms with Crippen LogP contribution in [0.3, 0.4) is 0 Å². The molecule has 0 spiro atoms. The lowest BCUT2D eigenvalue weighted by atomic mass is 9.78. The summed E-state index contributed by atoms with van der Waals surface area (Å²) in [5, 5.41) is 6.53. The molecule has 2 N–H and O–H groups in total. The Morgan fingerprint density at radius 2 is 1.41 bits per heavy atom. The molecule has 0 aromatic heterocycles. The monoisotopic (exact) mass is 667 g/mol. The van der Waals surface area contributed by atoms with Crippen LogP contribution in [0.5, 0.6) is 5.75 Å². The molecule has 2 aromatic carbocycles. The number of carbonyl (C=O) groups excluding carboxylic acids is 2. The molecule has 1 aliphatic carbocycles. The second-order valence-electron chi connectivity index (χ2n) is 12.6. The van der Waals surface area contributed by atoms with Crippen molar-refractivity contribution in [3.05, 3.63) is 58.9 Å². The highest BCUT2D eigenvalue weighted by Gasteiger charge is 2.42. The Balaban J connectivity index is 0.00000417. The average Bonchev–Trinajstić information content (AvgIpc) is 3.57. The van der Waals surface area contributed by atoms with Gasteiger partial charge in [-0.25, -0.2) is 4.39 Å². The molecule has 4 fully saturated rings. The van der Waals surface area contributed by atoms with Crippen molar-refractivity contribution in [2.24, 2.45) is 5.92 Å². The molecule has 1 saturated carbocycles. The zero-order chi connectivity index (χ0) is 31.6. The van der Waals surface area contributed by atoms with Crippen molar-refractivity contribution in [2.45, 2.75) is 50.3 Å². The zero-order valence-corrected chi connectivity index (χ0v) is 26.6. The van der Waals surface area contributed by atoms with Crippen molar-refractivity contribution in [1.82, 2.24) is 20.4 Å². The van der Waals surface area contributed by atoms with Crippen LogP contribution in [0.15, 0.2) is 36.4 Å². The number of nitrogens with one attached hydrogen (secondary N) is 2. The summed E-state index contributed by atoms with van der Waals surface area (Å²) >= 11 is 0. The largest absolute Gasteiger partial charge is 0.489 e. The van der Waals surface area contributed by atoms with E-state index in [1.54, 1.807) is 34.1 Å². The molecule has 0 bridgehead atoms. The van der Waals surface area contributed by atoms with Crippen molar-refractivity contribution >= 4 is 29.9 Å². The predicted octanol–water partition coefficient (Wildman–Crippen LogP) is 4.83. The van der Waals surface area contributed by atoms with Gasteiger partial charge in [-0.05, 0) is 86.5 Å². The summed E-state index contributed by atoms with van der Waals surface area (Å²) in [6, 6.07) is 9.78. The highest BCUT2D eigenvalue weighted by molar-refractivity contribution is 5.96. The Bertz CT molecular complexity index is 1370. The number of halogens is 5. The normalized spacial score (nSPS) is 24.0. The van der Waals surface area contributed by atoms with Crippen molar-refractivity contribution < 1.29 is 31.9 Å². The lowest BCUT2D eigenvalue weighted by Gasteiger charge is -2.35. The lowest BCUT2D eigenvalue weighted by molar-refractivity contribution is -0.182. The minimum absolute atomic E-state index is 0. The van der Waals surface area contributed by atoms with Gasteiger partial charge in [-0.1, -0.05) is 0 Å². The van der Waals surface area contributed by atoms with Crippen molar-refractivity contribution in [3.8, 4) is 5.75 Å². The average molecular weight is 668 g/mol. The number of carbonyl (C=O) groups is 2. The molecule has 2 amide bonds. The third kappa shape index (κ3) is 7.88. The first-order chi connectivity index (χ1) is 21.7. The van der Waals surface area contributed by atoms with E-state index in [1.165, 1.54) is 12.1 Å². The molecule has 1 unspecified atom stereocenters. The maximum Gasteiger partial charge on any atom is 0.391 e. The smallest absolute Gasteiger partial charge is 0.391 e. The third-order valence-electron chi connectivity index (χ3n) is 9.66. The zero-order valence-electron chi connectivity index (χ0n) is 25.8. The molecule has 8 nitrogen and oxygen atoms in total.